The fourth-order valence-electron chi connectivity index (χ4n) is 2.25. The Bertz CT molecular complexity index is 902. The maximum absolute atomic E-state index is 13.0. The Hall–Kier alpha value is -1.83. The van der Waals surface area contributed by atoms with Crippen molar-refractivity contribution in [3.05, 3.63) is 67.7 Å². The van der Waals surface area contributed by atoms with E-state index >= 15 is 0 Å². The van der Waals surface area contributed by atoms with Gasteiger partial charge < -0.3 is 5.11 Å². The molecule has 1 heterocycles. The average molecular weight is 443 g/mol. The first-order valence-corrected chi connectivity index (χ1v) is 9.01. The van der Waals surface area contributed by atoms with Crippen molar-refractivity contribution < 1.29 is 19.1 Å². The molecule has 1 fully saturated rings. The number of aromatic hydroxyl groups is 1. The zero-order valence-corrected chi connectivity index (χ0v) is 15.7. The molecule has 0 radical (unpaired) electrons. The van der Waals surface area contributed by atoms with E-state index in [0.29, 0.717) is 15.6 Å². The number of carbonyl (C=O) groups excluding carboxylic acids is 2. The van der Waals surface area contributed by atoms with Crippen LogP contribution in [0.2, 0.25) is 5.02 Å². The van der Waals surface area contributed by atoms with Crippen LogP contribution in [0, 0.1) is 5.82 Å². The molecule has 0 atom stereocenters. The number of carbonyl (C=O) groups is 2. The van der Waals surface area contributed by atoms with E-state index < -0.39 is 11.1 Å². The topological polar surface area (TPSA) is 57.6 Å². The van der Waals surface area contributed by atoms with Gasteiger partial charge in [-0.05, 0) is 47.7 Å². The van der Waals surface area contributed by atoms with E-state index in [2.05, 4.69) is 15.9 Å². The Morgan fingerprint density at radius 2 is 1.92 bits per heavy atom. The first-order valence-electron chi connectivity index (χ1n) is 7.03. The van der Waals surface area contributed by atoms with Crippen molar-refractivity contribution >= 4 is 56.5 Å². The molecule has 0 saturated carbocycles. The molecule has 1 saturated heterocycles. The quantitative estimate of drug-likeness (QED) is 0.665. The van der Waals surface area contributed by atoms with Gasteiger partial charge in [0.2, 0.25) is 0 Å². The number of benzene rings is 2. The second-order valence-corrected chi connectivity index (χ2v) is 7.54. The van der Waals surface area contributed by atoms with E-state index in [1.165, 1.54) is 36.4 Å². The highest BCUT2D eigenvalue weighted by Crippen LogP contribution is 2.37. The van der Waals surface area contributed by atoms with Gasteiger partial charge in [-0.2, -0.15) is 0 Å². The second-order valence-electron chi connectivity index (χ2n) is 5.22. The van der Waals surface area contributed by atoms with Crippen LogP contribution in [-0.4, -0.2) is 21.2 Å². The summed E-state index contributed by atoms with van der Waals surface area (Å²) in [5.74, 6) is -1.04. The highest BCUT2D eigenvalue weighted by molar-refractivity contribution is 9.10. The van der Waals surface area contributed by atoms with Crippen LogP contribution >= 0.6 is 39.3 Å². The van der Waals surface area contributed by atoms with Gasteiger partial charge in [-0.3, -0.25) is 14.5 Å². The van der Waals surface area contributed by atoms with Gasteiger partial charge in [0.1, 0.15) is 11.6 Å². The molecule has 2 aromatic carbocycles. The number of halogens is 3. The van der Waals surface area contributed by atoms with Gasteiger partial charge >= 0.3 is 0 Å². The van der Waals surface area contributed by atoms with Crippen molar-refractivity contribution in [3.63, 3.8) is 0 Å². The summed E-state index contributed by atoms with van der Waals surface area (Å²) in [5, 5.41) is 9.71. The minimum absolute atomic E-state index is 0.0491. The van der Waals surface area contributed by atoms with Crippen LogP contribution in [-0.2, 0) is 11.3 Å². The predicted molar refractivity (Wildman–Crippen MR) is 98.7 cm³/mol. The van der Waals surface area contributed by atoms with Gasteiger partial charge in [-0.25, -0.2) is 4.39 Å². The van der Waals surface area contributed by atoms with Crippen LogP contribution in [0.15, 0.2) is 45.8 Å². The summed E-state index contributed by atoms with van der Waals surface area (Å²) >= 11 is 9.94. The lowest BCUT2D eigenvalue weighted by atomic mass is 10.1. The molecule has 4 nitrogen and oxygen atoms in total. The number of hydrogen-bond donors (Lipinski definition) is 1. The lowest BCUT2D eigenvalue weighted by molar-refractivity contribution is -0.123. The number of thioether (sulfide) groups is 1. The molecule has 1 aliphatic heterocycles. The van der Waals surface area contributed by atoms with E-state index in [1.54, 1.807) is 6.07 Å². The predicted octanol–water partition coefficient (Wildman–Crippen LogP) is 5.18. The van der Waals surface area contributed by atoms with Crippen LogP contribution in [0.25, 0.3) is 6.08 Å². The number of hydrogen-bond acceptors (Lipinski definition) is 4. The van der Waals surface area contributed by atoms with Gasteiger partial charge in [-0.1, -0.05) is 39.7 Å². The molecule has 0 unspecified atom stereocenters. The van der Waals surface area contributed by atoms with Crippen LogP contribution in [0.3, 0.4) is 0 Å². The van der Waals surface area contributed by atoms with Gasteiger partial charge in [-0.15, -0.1) is 0 Å². The molecular weight excluding hydrogens is 433 g/mol. The molecule has 1 N–H and O–H groups in total. The molecule has 0 aromatic heterocycles. The summed E-state index contributed by atoms with van der Waals surface area (Å²) in [6, 6.07) is 8.69. The SMILES string of the molecule is O=C1S/C(=C/c2cc(Br)cc(Cl)c2O)C(=O)N1Cc1ccc(F)cc1. The van der Waals surface area contributed by atoms with Crippen molar-refractivity contribution in [2.45, 2.75) is 6.54 Å². The largest absolute Gasteiger partial charge is 0.506 e. The molecule has 25 heavy (non-hydrogen) atoms. The second kappa shape index (κ2) is 7.19. The summed E-state index contributed by atoms with van der Waals surface area (Å²) in [6.45, 7) is 0.0491. The lowest BCUT2D eigenvalue weighted by Gasteiger charge is -2.12. The standard InChI is InChI=1S/C17H10BrClFNO3S/c18-11-5-10(15(22)13(19)7-11)6-14-16(23)21(17(24)25-14)8-9-1-3-12(20)4-2-9/h1-7,22H,8H2/b14-6+. The Labute approximate surface area is 160 Å². The van der Waals surface area contributed by atoms with Crippen LogP contribution in [0.5, 0.6) is 5.75 Å². The highest BCUT2D eigenvalue weighted by Gasteiger charge is 2.35. The molecular formula is C17H10BrClFNO3S. The fourth-order valence-corrected chi connectivity index (χ4v) is 3.91. The maximum Gasteiger partial charge on any atom is 0.293 e. The zero-order valence-electron chi connectivity index (χ0n) is 12.5. The Morgan fingerprint density at radius 3 is 2.60 bits per heavy atom. The summed E-state index contributed by atoms with van der Waals surface area (Å²) in [7, 11) is 0. The number of rotatable bonds is 3. The zero-order chi connectivity index (χ0) is 18.1. The van der Waals surface area contributed by atoms with Gasteiger partial charge in [0.25, 0.3) is 11.1 Å². The molecule has 2 amide bonds. The van der Waals surface area contributed by atoms with E-state index in [9.17, 15) is 19.1 Å². The van der Waals surface area contributed by atoms with Crippen molar-refractivity contribution in [1.82, 2.24) is 4.90 Å². The van der Waals surface area contributed by atoms with Crippen LogP contribution < -0.4 is 0 Å². The summed E-state index contributed by atoms with van der Waals surface area (Å²) < 4.78 is 13.6. The van der Waals surface area contributed by atoms with E-state index in [0.717, 1.165) is 16.7 Å². The Morgan fingerprint density at radius 1 is 1.24 bits per heavy atom. The average Bonchev–Trinajstić information content (AvgIpc) is 2.81. The van der Waals surface area contributed by atoms with Gasteiger partial charge in [0, 0.05) is 10.0 Å². The normalized spacial score (nSPS) is 16.1. The molecule has 128 valence electrons. The Balaban J connectivity index is 1.87. The third kappa shape index (κ3) is 3.89. The molecule has 0 spiro atoms. The lowest BCUT2D eigenvalue weighted by Crippen LogP contribution is -2.27. The maximum atomic E-state index is 13.0. The van der Waals surface area contributed by atoms with Crippen LogP contribution in [0.4, 0.5) is 9.18 Å². The summed E-state index contributed by atoms with van der Waals surface area (Å²) in [4.78, 5) is 25.9. The van der Waals surface area contributed by atoms with Crippen molar-refractivity contribution in [2.75, 3.05) is 0 Å². The monoisotopic (exact) mass is 441 g/mol. The number of phenolic OH excluding ortho intramolecular Hbond substituents is 1. The molecule has 3 rings (SSSR count). The van der Waals surface area contributed by atoms with E-state index in [1.807, 2.05) is 0 Å². The number of imide groups is 1. The number of phenols is 1. The molecule has 1 aliphatic rings. The summed E-state index contributed by atoms with van der Waals surface area (Å²) in [6.07, 6.45) is 1.42. The smallest absolute Gasteiger partial charge is 0.293 e. The highest BCUT2D eigenvalue weighted by atomic mass is 79.9. The first-order chi connectivity index (χ1) is 11.8. The van der Waals surface area contributed by atoms with Crippen LogP contribution in [0.1, 0.15) is 11.1 Å². The molecule has 2 aromatic rings. The fraction of sp³-hybridized carbons (Fsp3) is 0.0588. The van der Waals surface area contributed by atoms with Gasteiger partial charge in [0.05, 0.1) is 16.5 Å². The first kappa shape index (κ1) is 18.0. The Kier molecular flexibility index (Phi) is 5.17. The third-order valence-corrected chi connectivity index (χ3v) is 5.13. The molecule has 0 aliphatic carbocycles. The van der Waals surface area contributed by atoms with E-state index in [4.69, 9.17) is 11.6 Å². The number of amides is 2. The van der Waals surface area contributed by atoms with Crippen molar-refractivity contribution in [2.24, 2.45) is 0 Å². The van der Waals surface area contributed by atoms with E-state index in [-0.39, 0.29) is 28.0 Å². The van der Waals surface area contributed by atoms with Gasteiger partial charge in [0.15, 0.2) is 0 Å². The minimum Gasteiger partial charge on any atom is -0.506 e. The van der Waals surface area contributed by atoms with Crippen molar-refractivity contribution in [3.8, 4) is 5.75 Å². The number of nitrogens with zero attached hydrogens (tertiary/aromatic N) is 1. The summed E-state index contributed by atoms with van der Waals surface area (Å²) in [5.41, 5.74) is 0.963. The minimum atomic E-state index is -0.477. The molecule has 8 heteroatoms. The van der Waals surface area contributed by atoms with Crippen molar-refractivity contribution in [1.29, 1.82) is 0 Å². The molecule has 0 bridgehead atoms. The third-order valence-electron chi connectivity index (χ3n) is 3.47.